The first-order valence-corrected chi connectivity index (χ1v) is 7.23. The second-order valence-electron chi connectivity index (χ2n) is 6.08. The number of phenols is 1. The summed E-state index contributed by atoms with van der Waals surface area (Å²) in [4.78, 5) is 26.5. The van der Waals surface area contributed by atoms with Gasteiger partial charge in [-0.3, -0.25) is 9.59 Å². The van der Waals surface area contributed by atoms with Crippen LogP contribution in [0.1, 0.15) is 42.6 Å². The fourth-order valence-corrected chi connectivity index (χ4v) is 2.48. The fourth-order valence-electron chi connectivity index (χ4n) is 2.48. The molecule has 0 spiro atoms. The predicted molar refractivity (Wildman–Crippen MR) is 80.2 cm³/mol. The Kier molecular flexibility index (Phi) is 4.21. The van der Waals surface area contributed by atoms with Crippen LogP contribution < -0.4 is 5.32 Å². The first-order chi connectivity index (χ1) is 9.81. The third-order valence-corrected chi connectivity index (χ3v) is 3.83. The summed E-state index contributed by atoms with van der Waals surface area (Å²) in [5.74, 6) is -0.348. The van der Waals surface area contributed by atoms with Crippen LogP contribution in [0, 0.1) is 6.92 Å². The maximum absolute atomic E-state index is 12.4. The molecular formula is C16H22N2O3. The largest absolute Gasteiger partial charge is 0.508 e. The van der Waals surface area contributed by atoms with E-state index in [-0.39, 0.29) is 17.6 Å². The molecule has 0 atom stereocenters. The van der Waals surface area contributed by atoms with Gasteiger partial charge >= 0.3 is 0 Å². The number of amides is 2. The van der Waals surface area contributed by atoms with Crippen molar-refractivity contribution in [2.45, 2.75) is 39.2 Å². The Hall–Kier alpha value is -2.04. The standard InChI is InChI=1S/C16H22N2O3/c1-11-6-7-12(10-13(11)19)14(20)17-16(2,3)15(21)18-8-4-5-9-18/h6-7,10,19H,4-5,8-9H2,1-3H3,(H,17,20). The Labute approximate surface area is 125 Å². The first-order valence-electron chi connectivity index (χ1n) is 7.23. The van der Waals surface area contributed by atoms with Crippen LogP contribution in [0.4, 0.5) is 0 Å². The van der Waals surface area contributed by atoms with Crippen molar-refractivity contribution in [1.82, 2.24) is 10.2 Å². The minimum atomic E-state index is -0.956. The van der Waals surface area contributed by atoms with Crippen molar-refractivity contribution in [3.63, 3.8) is 0 Å². The molecule has 0 saturated carbocycles. The molecule has 2 rings (SSSR count). The molecule has 21 heavy (non-hydrogen) atoms. The lowest BCUT2D eigenvalue weighted by atomic mass is 10.0. The van der Waals surface area contributed by atoms with Crippen LogP contribution >= 0.6 is 0 Å². The Balaban J connectivity index is 2.09. The molecule has 114 valence electrons. The average molecular weight is 290 g/mol. The van der Waals surface area contributed by atoms with E-state index in [0.29, 0.717) is 11.1 Å². The molecule has 1 saturated heterocycles. The van der Waals surface area contributed by atoms with Crippen LogP contribution in [0.5, 0.6) is 5.75 Å². The Morgan fingerprint density at radius 1 is 1.24 bits per heavy atom. The van der Waals surface area contributed by atoms with Crippen LogP contribution in [0.2, 0.25) is 0 Å². The van der Waals surface area contributed by atoms with Crippen molar-refractivity contribution in [2.75, 3.05) is 13.1 Å². The third-order valence-electron chi connectivity index (χ3n) is 3.83. The second-order valence-corrected chi connectivity index (χ2v) is 6.08. The van der Waals surface area contributed by atoms with E-state index >= 15 is 0 Å². The van der Waals surface area contributed by atoms with Crippen LogP contribution in [0.25, 0.3) is 0 Å². The van der Waals surface area contributed by atoms with E-state index in [1.807, 2.05) is 0 Å². The third kappa shape index (κ3) is 3.35. The molecule has 0 aromatic heterocycles. The molecule has 2 N–H and O–H groups in total. The van der Waals surface area contributed by atoms with Gasteiger partial charge in [0.05, 0.1) is 0 Å². The summed E-state index contributed by atoms with van der Waals surface area (Å²) in [5.41, 5.74) is 0.0985. The lowest BCUT2D eigenvalue weighted by molar-refractivity contribution is -0.135. The van der Waals surface area contributed by atoms with Gasteiger partial charge in [0.15, 0.2) is 0 Å². The number of hydrogen-bond donors (Lipinski definition) is 2. The Morgan fingerprint density at radius 2 is 1.86 bits per heavy atom. The van der Waals surface area contributed by atoms with E-state index in [2.05, 4.69) is 5.32 Å². The summed E-state index contributed by atoms with van der Waals surface area (Å²) in [6, 6.07) is 4.74. The highest BCUT2D eigenvalue weighted by molar-refractivity contribution is 5.99. The van der Waals surface area contributed by atoms with Crippen molar-refractivity contribution in [3.05, 3.63) is 29.3 Å². The van der Waals surface area contributed by atoms with Gasteiger partial charge in [0.25, 0.3) is 5.91 Å². The SMILES string of the molecule is Cc1ccc(C(=O)NC(C)(C)C(=O)N2CCCC2)cc1O. The molecule has 5 nitrogen and oxygen atoms in total. The van der Waals surface area contributed by atoms with E-state index in [4.69, 9.17) is 0 Å². The van der Waals surface area contributed by atoms with Gasteiger partial charge in [-0.2, -0.15) is 0 Å². The molecule has 0 bridgehead atoms. The molecule has 0 radical (unpaired) electrons. The number of likely N-dealkylation sites (tertiary alicyclic amines) is 1. The van der Waals surface area contributed by atoms with Crippen LogP contribution in [-0.2, 0) is 4.79 Å². The summed E-state index contributed by atoms with van der Waals surface area (Å²) in [6.45, 7) is 6.68. The number of hydrogen-bond acceptors (Lipinski definition) is 3. The molecule has 1 heterocycles. The zero-order valence-corrected chi connectivity index (χ0v) is 12.8. The van der Waals surface area contributed by atoms with Crippen molar-refractivity contribution in [1.29, 1.82) is 0 Å². The van der Waals surface area contributed by atoms with Crippen LogP contribution in [0.3, 0.4) is 0 Å². The van der Waals surface area contributed by atoms with Crippen molar-refractivity contribution >= 4 is 11.8 Å². The zero-order chi connectivity index (χ0) is 15.6. The van der Waals surface area contributed by atoms with E-state index in [1.165, 1.54) is 6.07 Å². The van der Waals surface area contributed by atoms with Gasteiger partial charge in [0.1, 0.15) is 11.3 Å². The fraction of sp³-hybridized carbons (Fsp3) is 0.500. The lowest BCUT2D eigenvalue weighted by Crippen LogP contribution is -2.55. The number of rotatable bonds is 3. The highest BCUT2D eigenvalue weighted by Gasteiger charge is 2.34. The molecule has 5 heteroatoms. The molecular weight excluding hydrogens is 268 g/mol. The predicted octanol–water partition coefficient (Wildman–Crippen LogP) is 1.83. The smallest absolute Gasteiger partial charge is 0.252 e. The molecule has 1 aromatic carbocycles. The maximum Gasteiger partial charge on any atom is 0.252 e. The van der Waals surface area contributed by atoms with Crippen molar-refractivity contribution in [2.24, 2.45) is 0 Å². The quantitative estimate of drug-likeness (QED) is 0.892. The number of benzene rings is 1. The number of carbonyl (C=O) groups excluding carboxylic acids is 2. The van der Waals surface area contributed by atoms with E-state index in [0.717, 1.165) is 25.9 Å². The van der Waals surface area contributed by atoms with Gasteiger partial charge in [-0.15, -0.1) is 0 Å². The Bertz CT molecular complexity index is 561. The molecule has 0 unspecified atom stereocenters. The summed E-state index contributed by atoms with van der Waals surface area (Å²) in [7, 11) is 0. The van der Waals surface area contributed by atoms with E-state index < -0.39 is 5.54 Å². The number of aryl methyl sites for hydroxylation is 1. The van der Waals surface area contributed by atoms with Gasteiger partial charge in [-0.25, -0.2) is 0 Å². The van der Waals surface area contributed by atoms with E-state index in [1.54, 1.807) is 37.8 Å². The van der Waals surface area contributed by atoms with Crippen LogP contribution in [0.15, 0.2) is 18.2 Å². The zero-order valence-electron chi connectivity index (χ0n) is 12.8. The first kappa shape index (κ1) is 15.4. The van der Waals surface area contributed by atoms with Gasteiger partial charge in [0.2, 0.25) is 5.91 Å². The highest BCUT2D eigenvalue weighted by atomic mass is 16.3. The lowest BCUT2D eigenvalue weighted by Gasteiger charge is -2.30. The second kappa shape index (κ2) is 5.76. The van der Waals surface area contributed by atoms with E-state index in [9.17, 15) is 14.7 Å². The average Bonchev–Trinajstić information content (AvgIpc) is 2.94. The number of carbonyl (C=O) groups is 2. The number of nitrogens with zero attached hydrogens (tertiary/aromatic N) is 1. The normalized spacial score (nSPS) is 15.1. The monoisotopic (exact) mass is 290 g/mol. The minimum Gasteiger partial charge on any atom is -0.508 e. The van der Waals surface area contributed by atoms with Gasteiger partial charge in [0, 0.05) is 18.7 Å². The molecule has 1 aliphatic heterocycles. The topological polar surface area (TPSA) is 69.6 Å². The molecule has 2 amide bonds. The summed E-state index contributed by atoms with van der Waals surface area (Å²) >= 11 is 0. The van der Waals surface area contributed by atoms with Crippen molar-refractivity contribution < 1.29 is 14.7 Å². The molecule has 1 aliphatic rings. The maximum atomic E-state index is 12.4. The van der Waals surface area contributed by atoms with Gasteiger partial charge < -0.3 is 15.3 Å². The Morgan fingerprint density at radius 3 is 2.43 bits per heavy atom. The number of aromatic hydroxyl groups is 1. The summed E-state index contributed by atoms with van der Waals surface area (Å²) in [5, 5.41) is 12.4. The van der Waals surface area contributed by atoms with Crippen LogP contribution in [-0.4, -0.2) is 40.4 Å². The molecule has 1 fully saturated rings. The summed E-state index contributed by atoms with van der Waals surface area (Å²) in [6.07, 6.45) is 2.03. The van der Waals surface area contributed by atoms with Gasteiger partial charge in [-0.1, -0.05) is 6.07 Å². The summed E-state index contributed by atoms with van der Waals surface area (Å²) < 4.78 is 0. The van der Waals surface area contributed by atoms with Gasteiger partial charge in [-0.05, 0) is 51.3 Å². The number of phenolic OH excluding ortho intramolecular Hbond substituents is 1. The number of nitrogens with one attached hydrogen (secondary N) is 1. The minimum absolute atomic E-state index is 0.0651. The molecule has 0 aliphatic carbocycles. The highest BCUT2D eigenvalue weighted by Crippen LogP contribution is 2.19. The molecule has 1 aromatic rings. The van der Waals surface area contributed by atoms with Crippen molar-refractivity contribution in [3.8, 4) is 5.75 Å².